The van der Waals surface area contributed by atoms with Crippen molar-refractivity contribution in [3.63, 3.8) is 0 Å². The highest BCUT2D eigenvalue weighted by Gasteiger charge is 2.39. The van der Waals surface area contributed by atoms with E-state index in [1.165, 1.54) is 0 Å². The molecule has 0 bridgehead atoms. The van der Waals surface area contributed by atoms with Gasteiger partial charge in [-0.15, -0.1) is 0 Å². The molecule has 1 saturated heterocycles. The molecule has 1 aromatic carbocycles. The molecule has 0 unspecified atom stereocenters. The summed E-state index contributed by atoms with van der Waals surface area (Å²) < 4.78 is 0. The fourth-order valence-electron chi connectivity index (χ4n) is 1.50. The highest BCUT2D eigenvalue weighted by molar-refractivity contribution is 6.08. The summed E-state index contributed by atoms with van der Waals surface area (Å²) >= 11 is 0. The third-order valence-electron chi connectivity index (χ3n) is 2.48. The predicted octanol–water partition coefficient (Wildman–Crippen LogP) is 1.30. The van der Waals surface area contributed by atoms with Crippen LogP contribution in [0.15, 0.2) is 36.4 Å². The standard InChI is InChI=1S/C12H12N2O2/c1-12(10(15)13-11(16)14-12)8-7-9-5-3-2-4-6-9/h2-8H,1H3,(H2,13,14,15,16)/b8-7+/t12-/m1/s1. The van der Waals surface area contributed by atoms with Crippen molar-refractivity contribution in [2.45, 2.75) is 12.5 Å². The third kappa shape index (κ3) is 1.95. The highest BCUT2D eigenvalue weighted by atomic mass is 16.2. The SMILES string of the molecule is C[C@]1(/C=C/c2ccccc2)NC(=O)NC1=O. The number of carbonyl (C=O) groups excluding carboxylic acids is 2. The first-order valence-corrected chi connectivity index (χ1v) is 4.98. The first kappa shape index (κ1) is 10.4. The smallest absolute Gasteiger partial charge is 0.320 e. The van der Waals surface area contributed by atoms with Crippen molar-refractivity contribution in [2.75, 3.05) is 0 Å². The Kier molecular flexibility index (Phi) is 2.48. The first-order valence-electron chi connectivity index (χ1n) is 4.98. The van der Waals surface area contributed by atoms with E-state index < -0.39 is 11.6 Å². The molecule has 0 aromatic heterocycles. The topological polar surface area (TPSA) is 58.2 Å². The van der Waals surface area contributed by atoms with E-state index in [0.717, 1.165) is 5.56 Å². The number of carbonyl (C=O) groups is 2. The Bertz CT molecular complexity index is 453. The molecular weight excluding hydrogens is 204 g/mol. The first-order chi connectivity index (χ1) is 7.60. The van der Waals surface area contributed by atoms with Crippen LogP contribution in [-0.2, 0) is 4.79 Å². The van der Waals surface area contributed by atoms with Crippen LogP contribution in [-0.4, -0.2) is 17.5 Å². The van der Waals surface area contributed by atoms with Crippen molar-refractivity contribution in [3.8, 4) is 0 Å². The van der Waals surface area contributed by atoms with Gasteiger partial charge >= 0.3 is 6.03 Å². The van der Waals surface area contributed by atoms with Crippen LogP contribution >= 0.6 is 0 Å². The van der Waals surface area contributed by atoms with E-state index in [2.05, 4.69) is 10.6 Å². The second kappa shape index (κ2) is 3.81. The molecule has 82 valence electrons. The van der Waals surface area contributed by atoms with E-state index in [1.807, 2.05) is 36.4 Å². The van der Waals surface area contributed by atoms with E-state index in [0.29, 0.717) is 0 Å². The summed E-state index contributed by atoms with van der Waals surface area (Å²) in [7, 11) is 0. The van der Waals surface area contributed by atoms with Gasteiger partial charge in [-0.3, -0.25) is 10.1 Å². The van der Waals surface area contributed by atoms with Crippen molar-refractivity contribution in [1.82, 2.24) is 10.6 Å². The van der Waals surface area contributed by atoms with Crippen molar-refractivity contribution in [3.05, 3.63) is 42.0 Å². The van der Waals surface area contributed by atoms with Crippen LogP contribution < -0.4 is 10.6 Å². The summed E-state index contributed by atoms with van der Waals surface area (Å²) in [5.74, 6) is -0.329. The van der Waals surface area contributed by atoms with Gasteiger partial charge in [0, 0.05) is 0 Å². The van der Waals surface area contributed by atoms with Gasteiger partial charge in [0.1, 0.15) is 5.54 Å². The molecule has 0 radical (unpaired) electrons. The number of hydrogen-bond acceptors (Lipinski definition) is 2. The molecule has 3 amide bonds. The summed E-state index contributed by atoms with van der Waals surface area (Å²) in [6, 6.07) is 9.14. The monoisotopic (exact) mass is 216 g/mol. The predicted molar refractivity (Wildman–Crippen MR) is 60.6 cm³/mol. The highest BCUT2D eigenvalue weighted by Crippen LogP contribution is 2.13. The Morgan fingerprint density at radius 3 is 2.44 bits per heavy atom. The molecule has 1 aliphatic rings. The molecule has 1 fully saturated rings. The minimum absolute atomic E-state index is 0.329. The Labute approximate surface area is 93.3 Å². The minimum Gasteiger partial charge on any atom is -0.320 e. The van der Waals surface area contributed by atoms with E-state index in [9.17, 15) is 9.59 Å². The van der Waals surface area contributed by atoms with Crippen molar-refractivity contribution < 1.29 is 9.59 Å². The maximum absolute atomic E-state index is 11.5. The zero-order valence-electron chi connectivity index (χ0n) is 8.86. The van der Waals surface area contributed by atoms with Crippen LogP contribution in [0.25, 0.3) is 6.08 Å². The fourth-order valence-corrected chi connectivity index (χ4v) is 1.50. The number of amides is 3. The molecule has 1 atom stereocenters. The van der Waals surface area contributed by atoms with E-state index in [1.54, 1.807) is 13.0 Å². The molecule has 1 aliphatic heterocycles. The second-order valence-electron chi connectivity index (χ2n) is 3.85. The Morgan fingerprint density at radius 2 is 1.88 bits per heavy atom. The van der Waals surface area contributed by atoms with Crippen LogP contribution in [0.2, 0.25) is 0 Å². The number of hydrogen-bond donors (Lipinski definition) is 2. The normalized spacial score (nSPS) is 24.6. The number of benzene rings is 1. The number of nitrogens with one attached hydrogen (secondary N) is 2. The van der Waals surface area contributed by atoms with Crippen molar-refractivity contribution in [2.24, 2.45) is 0 Å². The number of rotatable bonds is 2. The molecule has 4 heteroatoms. The van der Waals surface area contributed by atoms with E-state index >= 15 is 0 Å². The molecule has 4 nitrogen and oxygen atoms in total. The lowest BCUT2D eigenvalue weighted by molar-refractivity contribution is -0.121. The van der Waals surface area contributed by atoms with E-state index in [4.69, 9.17) is 0 Å². The lowest BCUT2D eigenvalue weighted by Gasteiger charge is -2.14. The maximum Gasteiger partial charge on any atom is 0.322 e. The molecule has 2 N–H and O–H groups in total. The van der Waals surface area contributed by atoms with Crippen LogP contribution in [0.4, 0.5) is 4.79 Å². The molecule has 2 rings (SSSR count). The number of urea groups is 1. The average Bonchev–Trinajstić information content (AvgIpc) is 2.52. The zero-order chi connectivity index (χ0) is 11.6. The lowest BCUT2D eigenvalue weighted by atomic mass is 10.0. The molecule has 0 aliphatic carbocycles. The minimum atomic E-state index is -0.951. The van der Waals surface area contributed by atoms with Gasteiger partial charge in [-0.2, -0.15) is 0 Å². The quantitative estimate of drug-likeness (QED) is 0.732. The third-order valence-corrected chi connectivity index (χ3v) is 2.48. The zero-order valence-corrected chi connectivity index (χ0v) is 8.86. The van der Waals surface area contributed by atoms with Crippen molar-refractivity contribution in [1.29, 1.82) is 0 Å². The van der Waals surface area contributed by atoms with Gasteiger partial charge in [-0.1, -0.05) is 36.4 Å². The van der Waals surface area contributed by atoms with Gasteiger partial charge in [-0.25, -0.2) is 4.79 Å². The van der Waals surface area contributed by atoms with Crippen LogP contribution in [0, 0.1) is 0 Å². The van der Waals surface area contributed by atoms with Gasteiger partial charge in [0.25, 0.3) is 5.91 Å². The summed E-state index contributed by atoms with van der Waals surface area (Å²) in [5.41, 5.74) is 0.0325. The van der Waals surface area contributed by atoms with Gasteiger partial charge in [0.05, 0.1) is 0 Å². The maximum atomic E-state index is 11.5. The van der Waals surface area contributed by atoms with Crippen LogP contribution in [0.1, 0.15) is 12.5 Å². The Morgan fingerprint density at radius 1 is 1.19 bits per heavy atom. The average molecular weight is 216 g/mol. The van der Waals surface area contributed by atoms with E-state index in [-0.39, 0.29) is 5.91 Å². The molecule has 1 aromatic rings. The molecular formula is C12H12N2O2. The summed E-state index contributed by atoms with van der Waals surface area (Å²) in [5, 5.41) is 4.77. The van der Waals surface area contributed by atoms with Gasteiger partial charge in [0.15, 0.2) is 0 Å². The van der Waals surface area contributed by atoms with Gasteiger partial charge in [0.2, 0.25) is 0 Å². The lowest BCUT2D eigenvalue weighted by Crippen LogP contribution is -2.41. The van der Waals surface area contributed by atoms with Gasteiger partial charge < -0.3 is 5.32 Å². The Balaban J connectivity index is 2.18. The molecule has 16 heavy (non-hydrogen) atoms. The summed E-state index contributed by atoms with van der Waals surface area (Å²) in [6.45, 7) is 1.66. The molecule has 0 saturated carbocycles. The van der Waals surface area contributed by atoms with Crippen molar-refractivity contribution >= 4 is 18.0 Å². The molecule has 0 spiro atoms. The summed E-state index contributed by atoms with van der Waals surface area (Å²) in [6.07, 6.45) is 3.49. The van der Waals surface area contributed by atoms with Gasteiger partial charge in [-0.05, 0) is 18.6 Å². The largest absolute Gasteiger partial charge is 0.322 e. The second-order valence-corrected chi connectivity index (χ2v) is 3.85. The van der Waals surface area contributed by atoms with Crippen LogP contribution in [0.5, 0.6) is 0 Å². The molecule has 1 heterocycles. The fraction of sp³-hybridized carbons (Fsp3) is 0.167. The number of imide groups is 1. The summed E-state index contributed by atoms with van der Waals surface area (Å²) in [4.78, 5) is 22.5. The van der Waals surface area contributed by atoms with Crippen LogP contribution in [0.3, 0.4) is 0 Å². The Hall–Kier alpha value is -2.10.